The van der Waals surface area contributed by atoms with Crippen molar-refractivity contribution in [2.45, 2.75) is 70.5 Å². The molecular weight excluding hydrogens is 476 g/mol. The van der Waals surface area contributed by atoms with E-state index in [2.05, 4.69) is 10.2 Å². The van der Waals surface area contributed by atoms with Crippen LogP contribution in [-0.2, 0) is 37.0 Å². The van der Waals surface area contributed by atoms with Gasteiger partial charge in [-0.1, -0.05) is 48.5 Å². The van der Waals surface area contributed by atoms with Gasteiger partial charge in [0.1, 0.15) is 0 Å². The monoisotopic (exact) mass is 512 g/mol. The Morgan fingerprint density at radius 1 is 1.08 bits per heavy atom. The van der Waals surface area contributed by atoms with Crippen molar-refractivity contribution in [1.29, 1.82) is 0 Å². The molecule has 2 heterocycles. The van der Waals surface area contributed by atoms with Crippen LogP contribution in [0.4, 0.5) is 0 Å². The van der Waals surface area contributed by atoms with Gasteiger partial charge in [0.05, 0.1) is 24.9 Å². The normalized spacial score (nSPS) is 25.0. The van der Waals surface area contributed by atoms with Gasteiger partial charge in [-0.15, -0.1) is 0 Å². The summed E-state index contributed by atoms with van der Waals surface area (Å²) in [6, 6.07) is 15.4. The van der Waals surface area contributed by atoms with E-state index in [1.165, 1.54) is 13.8 Å². The number of rotatable bonds is 9. The zero-order valence-corrected chi connectivity index (χ0v) is 21.3. The molecule has 2 aliphatic heterocycles. The van der Waals surface area contributed by atoms with E-state index in [4.69, 9.17) is 14.2 Å². The van der Waals surface area contributed by atoms with E-state index >= 15 is 0 Å². The number of aliphatic hydroxyl groups excluding tert-OH is 2. The summed E-state index contributed by atoms with van der Waals surface area (Å²) in [5.41, 5.74) is 3.63. The molecule has 0 bridgehead atoms. The topological polar surface area (TPSA) is 118 Å². The van der Waals surface area contributed by atoms with E-state index in [9.17, 15) is 19.8 Å². The second-order valence-corrected chi connectivity index (χ2v) is 9.76. The summed E-state index contributed by atoms with van der Waals surface area (Å²) in [6.07, 6.45) is -0.497. The van der Waals surface area contributed by atoms with Crippen molar-refractivity contribution in [2.75, 3.05) is 19.6 Å². The number of β-amino-alcohol motifs (C(OH)–C–C–N with tert-alkyl or cyclic N) is 1. The molecule has 2 saturated heterocycles. The predicted octanol–water partition coefficient (Wildman–Crippen LogP) is 2.36. The van der Waals surface area contributed by atoms with Crippen LogP contribution in [0.15, 0.2) is 48.5 Å². The molecule has 5 atom stereocenters. The minimum atomic E-state index is -0.849. The quantitative estimate of drug-likeness (QED) is 0.439. The fourth-order valence-corrected chi connectivity index (χ4v) is 4.73. The van der Waals surface area contributed by atoms with Gasteiger partial charge >= 0.3 is 5.97 Å². The Balaban J connectivity index is 1.43. The second-order valence-electron chi connectivity index (χ2n) is 9.76. The highest BCUT2D eigenvalue weighted by atomic mass is 16.7. The first-order chi connectivity index (χ1) is 17.8. The SMILES string of the molecule is CC(=O)O[C@@H](C)C(=O)NCc1ccc([C@H]2O[C@@H](CN3CC[C@H](O)C3)C[C@@H](c3ccc(CO)cc3)O2)cc1. The van der Waals surface area contributed by atoms with E-state index in [0.717, 1.165) is 35.2 Å². The summed E-state index contributed by atoms with van der Waals surface area (Å²) in [7, 11) is 0. The molecule has 4 rings (SSSR count). The van der Waals surface area contributed by atoms with Gasteiger partial charge in [-0.3, -0.25) is 14.5 Å². The van der Waals surface area contributed by atoms with Crippen LogP contribution in [0.25, 0.3) is 0 Å². The lowest BCUT2D eigenvalue weighted by Gasteiger charge is -2.37. The number of aliphatic hydroxyl groups is 2. The molecule has 37 heavy (non-hydrogen) atoms. The lowest BCUT2D eigenvalue weighted by Crippen LogP contribution is -2.38. The van der Waals surface area contributed by atoms with Crippen LogP contribution in [0, 0.1) is 0 Å². The minimum absolute atomic E-state index is 0.00702. The van der Waals surface area contributed by atoms with Crippen LogP contribution >= 0.6 is 0 Å². The molecule has 9 nitrogen and oxygen atoms in total. The van der Waals surface area contributed by atoms with Crippen LogP contribution in [-0.4, -0.2) is 64.9 Å². The van der Waals surface area contributed by atoms with Gasteiger partial charge in [-0.05, 0) is 30.0 Å². The van der Waals surface area contributed by atoms with Gasteiger partial charge in [-0.25, -0.2) is 0 Å². The Hall–Kier alpha value is -2.82. The third-order valence-electron chi connectivity index (χ3n) is 6.75. The predicted molar refractivity (Wildman–Crippen MR) is 135 cm³/mol. The molecule has 2 aromatic carbocycles. The number of hydrogen-bond donors (Lipinski definition) is 3. The van der Waals surface area contributed by atoms with E-state index in [1.54, 1.807) is 0 Å². The highest BCUT2D eigenvalue weighted by Gasteiger charge is 2.34. The van der Waals surface area contributed by atoms with Crippen LogP contribution in [0.3, 0.4) is 0 Å². The maximum atomic E-state index is 12.1. The molecular formula is C28H36N2O7. The summed E-state index contributed by atoms with van der Waals surface area (Å²) in [4.78, 5) is 25.4. The maximum absolute atomic E-state index is 12.1. The van der Waals surface area contributed by atoms with E-state index in [1.807, 2.05) is 48.5 Å². The van der Waals surface area contributed by atoms with Gasteiger partial charge in [0.25, 0.3) is 5.91 Å². The number of ether oxygens (including phenoxy) is 3. The van der Waals surface area contributed by atoms with Gasteiger partial charge in [0.2, 0.25) is 0 Å². The van der Waals surface area contributed by atoms with Gasteiger partial charge < -0.3 is 29.7 Å². The molecule has 9 heteroatoms. The van der Waals surface area contributed by atoms with Crippen molar-refractivity contribution in [2.24, 2.45) is 0 Å². The molecule has 2 aromatic rings. The van der Waals surface area contributed by atoms with Crippen molar-refractivity contribution in [1.82, 2.24) is 10.2 Å². The number of nitrogens with one attached hydrogen (secondary N) is 1. The van der Waals surface area contributed by atoms with Gasteiger partial charge in [0, 0.05) is 45.1 Å². The summed E-state index contributed by atoms with van der Waals surface area (Å²) in [5, 5.41) is 22.1. The molecule has 0 spiro atoms. The fraction of sp³-hybridized carbons (Fsp3) is 0.500. The molecule has 0 saturated carbocycles. The number of amides is 1. The summed E-state index contributed by atoms with van der Waals surface area (Å²) in [6.45, 7) is 5.31. The standard InChI is InChI=1S/C28H36N2O7/c1-18(35-19(2)32)27(34)29-14-20-3-9-23(10-4-20)28-36-25(16-30-12-11-24(33)15-30)13-26(37-28)22-7-5-21(17-31)6-8-22/h3-10,18,24-26,28,31,33H,11-17H2,1-2H3,(H,29,34)/t18-,24-,25+,26-,28-/m0/s1. The molecule has 3 N–H and O–H groups in total. The van der Waals surface area contributed by atoms with Crippen molar-refractivity contribution in [3.05, 3.63) is 70.8 Å². The Morgan fingerprint density at radius 3 is 2.38 bits per heavy atom. The van der Waals surface area contributed by atoms with E-state index in [0.29, 0.717) is 26.1 Å². The van der Waals surface area contributed by atoms with Gasteiger partial charge in [-0.2, -0.15) is 0 Å². The second kappa shape index (κ2) is 12.6. The molecule has 200 valence electrons. The van der Waals surface area contributed by atoms with E-state index < -0.39 is 18.4 Å². The highest BCUT2D eigenvalue weighted by Crippen LogP contribution is 2.38. The zero-order chi connectivity index (χ0) is 26.4. The Bertz CT molecular complexity index is 1040. The molecule has 1 amide bonds. The number of carbonyl (C=O) groups is 2. The smallest absolute Gasteiger partial charge is 0.303 e. The Morgan fingerprint density at radius 2 is 1.76 bits per heavy atom. The summed E-state index contributed by atoms with van der Waals surface area (Å²) >= 11 is 0. The first kappa shape index (κ1) is 27.2. The van der Waals surface area contributed by atoms with Crippen LogP contribution in [0.1, 0.15) is 61.3 Å². The number of hydrogen-bond acceptors (Lipinski definition) is 8. The van der Waals surface area contributed by atoms with Crippen molar-refractivity contribution < 1.29 is 34.0 Å². The van der Waals surface area contributed by atoms with Crippen LogP contribution < -0.4 is 5.32 Å². The molecule has 0 aliphatic carbocycles. The fourth-order valence-electron chi connectivity index (χ4n) is 4.73. The Labute approximate surface area is 217 Å². The van der Waals surface area contributed by atoms with Crippen molar-refractivity contribution >= 4 is 11.9 Å². The summed E-state index contributed by atoms with van der Waals surface area (Å²) < 4.78 is 17.7. The largest absolute Gasteiger partial charge is 0.453 e. The van der Waals surface area contributed by atoms with Crippen molar-refractivity contribution in [3.63, 3.8) is 0 Å². The highest BCUT2D eigenvalue weighted by molar-refractivity contribution is 5.82. The maximum Gasteiger partial charge on any atom is 0.303 e. The molecule has 2 fully saturated rings. The average molecular weight is 513 g/mol. The van der Waals surface area contributed by atoms with Crippen molar-refractivity contribution in [3.8, 4) is 0 Å². The minimum Gasteiger partial charge on any atom is -0.453 e. The number of benzene rings is 2. The first-order valence-corrected chi connectivity index (χ1v) is 12.8. The zero-order valence-electron chi connectivity index (χ0n) is 21.3. The number of esters is 1. The first-order valence-electron chi connectivity index (χ1n) is 12.8. The number of likely N-dealkylation sites (tertiary alicyclic amines) is 1. The summed E-state index contributed by atoms with van der Waals surface area (Å²) in [5.74, 6) is -0.857. The van der Waals surface area contributed by atoms with Crippen LogP contribution in [0.2, 0.25) is 0 Å². The molecule has 2 aliphatic rings. The molecule has 0 unspecified atom stereocenters. The molecule has 0 radical (unpaired) electrons. The lowest BCUT2D eigenvalue weighted by molar-refractivity contribution is -0.252. The lowest BCUT2D eigenvalue weighted by atomic mass is 9.99. The number of carbonyl (C=O) groups excluding carboxylic acids is 2. The average Bonchev–Trinajstić information content (AvgIpc) is 3.31. The Kier molecular flexibility index (Phi) is 9.28. The third kappa shape index (κ3) is 7.59. The number of nitrogens with zero attached hydrogens (tertiary/aromatic N) is 1. The van der Waals surface area contributed by atoms with E-state index in [-0.39, 0.29) is 30.8 Å². The van der Waals surface area contributed by atoms with Gasteiger partial charge in [0.15, 0.2) is 12.4 Å². The third-order valence-corrected chi connectivity index (χ3v) is 6.75. The molecule has 0 aromatic heterocycles. The van der Waals surface area contributed by atoms with Crippen LogP contribution in [0.5, 0.6) is 0 Å².